The lowest BCUT2D eigenvalue weighted by Gasteiger charge is -2.29. The number of aryl methyl sites for hydroxylation is 2. The second-order valence-electron chi connectivity index (χ2n) is 9.29. The van der Waals surface area contributed by atoms with Crippen LogP contribution < -0.4 is 15.2 Å². The van der Waals surface area contributed by atoms with Gasteiger partial charge in [0, 0.05) is 6.07 Å². The molecule has 1 atom stereocenters. The highest BCUT2D eigenvalue weighted by molar-refractivity contribution is 7.73. The van der Waals surface area contributed by atoms with Gasteiger partial charge in [0.2, 0.25) is 5.69 Å². The van der Waals surface area contributed by atoms with E-state index in [2.05, 4.69) is 79.9 Å². The molecule has 1 nitrogen and oxygen atoms in total. The maximum absolute atomic E-state index is 2.60. The fourth-order valence-corrected chi connectivity index (χ4v) is 8.06. The van der Waals surface area contributed by atoms with E-state index in [0.29, 0.717) is 0 Å². The standard InChI is InChI=1S/C28H29NP/c1-18-23-12-8-7-11-20(23)16-24-26(18)28-27-21(13-14-29(28)2)15-22(17-25(27)30(24)3)19-9-5-4-6-10-19/h7-8,11-17,19H,4-6,9-10H2,1-3H3/q+1. The van der Waals surface area contributed by atoms with Crippen molar-refractivity contribution in [3.8, 4) is 11.3 Å². The van der Waals surface area contributed by atoms with Gasteiger partial charge in [0.05, 0.1) is 10.9 Å². The van der Waals surface area contributed by atoms with Gasteiger partial charge in [0.1, 0.15) is 7.05 Å². The Labute approximate surface area is 180 Å². The van der Waals surface area contributed by atoms with Gasteiger partial charge < -0.3 is 0 Å². The van der Waals surface area contributed by atoms with Gasteiger partial charge in [-0.15, -0.1) is 0 Å². The van der Waals surface area contributed by atoms with Crippen LogP contribution in [0, 0.1) is 6.92 Å². The number of pyridine rings is 1. The Kier molecular flexibility index (Phi) is 4.26. The molecule has 2 aliphatic rings. The lowest BCUT2D eigenvalue weighted by Crippen LogP contribution is -2.36. The van der Waals surface area contributed by atoms with E-state index in [0.717, 1.165) is 5.92 Å². The van der Waals surface area contributed by atoms with Gasteiger partial charge >= 0.3 is 0 Å². The normalized spacial score (nSPS) is 18.7. The summed E-state index contributed by atoms with van der Waals surface area (Å²) in [4.78, 5) is 0. The zero-order chi connectivity index (χ0) is 20.4. The molecule has 1 saturated carbocycles. The van der Waals surface area contributed by atoms with Crippen LogP contribution in [0.25, 0.3) is 32.8 Å². The second-order valence-corrected chi connectivity index (χ2v) is 11.4. The molecule has 0 saturated heterocycles. The zero-order valence-corrected chi connectivity index (χ0v) is 19.1. The predicted octanol–water partition coefficient (Wildman–Crippen LogP) is 6.22. The van der Waals surface area contributed by atoms with Gasteiger partial charge in [-0.3, -0.25) is 0 Å². The first-order valence-corrected chi connectivity index (χ1v) is 13.1. The SMILES string of the molecule is Cc1c2c(cc3ccccc13)P(C)c1cc(C3CCCCC3)cc3cc[n+](C)c-2c13. The van der Waals surface area contributed by atoms with Crippen molar-refractivity contribution in [2.45, 2.75) is 44.9 Å². The zero-order valence-electron chi connectivity index (χ0n) is 18.2. The van der Waals surface area contributed by atoms with Gasteiger partial charge in [-0.25, -0.2) is 4.57 Å². The van der Waals surface area contributed by atoms with Crippen LogP contribution in [0.15, 0.2) is 54.7 Å². The molecule has 0 spiro atoms. The molecule has 150 valence electrons. The minimum Gasteiger partial charge on any atom is -0.200 e. The van der Waals surface area contributed by atoms with E-state index in [4.69, 9.17) is 0 Å². The Balaban J connectivity index is 1.69. The van der Waals surface area contributed by atoms with Crippen molar-refractivity contribution in [3.05, 3.63) is 65.9 Å². The molecular weight excluding hydrogens is 381 g/mol. The summed E-state index contributed by atoms with van der Waals surface area (Å²) in [6, 6.07) is 18.8. The number of hydrogen-bond acceptors (Lipinski definition) is 0. The van der Waals surface area contributed by atoms with E-state index in [1.54, 1.807) is 16.2 Å². The van der Waals surface area contributed by atoms with Crippen molar-refractivity contribution < 1.29 is 4.57 Å². The number of hydrogen-bond donors (Lipinski definition) is 0. The number of aromatic nitrogens is 1. The maximum Gasteiger partial charge on any atom is 0.221 e. The van der Waals surface area contributed by atoms with Gasteiger partial charge in [0.15, 0.2) is 6.20 Å². The topological polar surface area (TPSA) is 3.88 Å². The summed E-state index contributed by atoms with van der Waals surface area (Å²) in [5.41, 5.74) is 5.92. The van der Waals surface area contributed by atoms with E-state index in [-0.39, 0.29) is 7.92 Å². The molecule has 1 fully saturated rings. The summed E-state index contributed by atoms with van der Waals surface area (Å²) in [6.45, 7) is 4.81. The molecule has 1 aliphatic heterocycles. The number of rotatable bonds is 1. The van der Waals surface area contributed by atoms with Crippen LogP contribution in [0.5, 0.6) is 0 Å². The van der Waals surface area contributed by atoms with E-state index in [1.807, 2.05) is 0 Å². The van der Waals surface area contributed by atoms with E-state index >= 15 is 0 Å². The maximum atomic E-state index is 2.60. The summed E-state index contributed by atoms with van der Waals surface area (Å²) in [6.07, 6.45) is 9.19. The van der Waals surface area contributed by atoms with E-state index < -0.39 is 0 Å². The Hall–Kier alpha value is -2.24. The Bertz CT molecular complexity index is 1310. The number of nitrogens with zero attached hydrogens (tertiary/aromatic N) is 1. The van der Waals surface area contributed by atoms with Crippen LogP contribution in [-0.2, 0) is 7.05 Å². The molecule has 0 bridgehead atoms. The first kappa shape index (κ1) is 18.5. The first-order valence-electron chi connectivity index (χ1n) is 11.4. The van der Waals surface area contributed by atoms with Gasteiger partial charge in [0.25, 0.3) is 0 Å². The molecule has 0 amide bonds. The molecule has 2 heteroatoms. The summed E-state index contributed by atoms with van der Waals surface area (Å²) in [7, 11) is 1.85. The quantitative estimate of drug-likeness (QED) is 0.259. The molecule has 4 aromatic rings. The fraction of sp³-hybridized carbons (Fsp3) is 0.321. The first-order chi connectivity index (χ1) is 14.6. The predicted molar refractivity (Wildman–Crippen MR) is 131 cm³/mol. The van der Waals surface area contributed by atoms with E-state index in [9.17, 15) is 0 Å². The monoisotopic (exact) mass is 410 g/mol. The van der Waals surface area contributed by atoms with Gasteiger partial charge in [-0.1, -0.05) is 49.6 Å². The Morgan fingerprint density at radius 1 is 0.900 bits per heavy atom. The van der Waals surface area contributed by atoms with E-state index in [1.165, 1.54) is 70.5 Å². The van der Waals surface area contributed by atoms with Crippen LogP contribution in [0.1, 0.15) is 49.1 Å². The molecule has 0 N–H and O–H groups in total. The Morgan fingerprint density at radius 2 is 1.70 bits per heavy atom. The third-order valence-corrected chi connectivity index (χ3v) is 9.71. The molecule has 1 unspecified atom stereocenters. The highest BCUT2D eigenvalue weighted by atomic mass is 31.1. The van der Waals surface area contributed by atoms with Crippen molar-refractivity contribution in [1.82, 2.24) is 0 Å². The summed E-state index contributed by atoms with van der Waals surface area (Å²) >= 11 is 0. The van der Waals surface area contributed by atoms with Crippen molar-refractivity contribution in [3.63, 3.8) is 0 Å². The molecule has 2 heterocycles. The fourth-order valence-electron chi connectivity index (χ4n) is 5.95. The van der Waals surface area contributed by atoms with Crippen LogP contribution in [0.3, 0.4) is 0 Å². The third kappa shape index (κ3) is 2.61. The van der Waals surface area contributed by atoms with Crippen molar-refractivity contribution in [1.29, 1.82) is 0 Å². The van der Waals surface area contributed by atoms with Crippen molar-refractivity contribution in [2.24, 2.45) is 7.05 Å². The lowest BCUT2D eigenvalue weighted by atomic mass is 9.83. The smallest absolute Gasteiger partial charge is 0.200 e. The second kappa shape index (κ2) is 6.89. The van der Waals surface area contributed by atoms with Gasteiger partial charge in [-0.05, 0) is 90.3 Å². The molecule has 6 rings (SSSR count). The Morgan fingerprint density at radius 3 is 2.53 bits per heavy atom. The number of fused-ring (bicyclic) bond motifs is 3. The van der Waals surface area contributed by atoms with Crippen LogP contribution in [0.4, 0.5) is 0 Å². The minimum absolute atomic E-state index is 0.365. The molecule has 30 heavy (non-hydrogen) atoms. The van der Waals surface area contributed by atoms with Crippen molar-refractivity contribution >= 4 is 40.1 Å². The average molecular weight is 411 g/mol. The number of benzene rings is 3. The van der Waals surface area contributed by atoms with Crippen LogP contribution in [-0.4, -0.2) is 6.66 Å². The summed E-state index contributed by atoms with van der Waals surface area (Å²) in [5, 5.41) is 8.85. The summed E-state index contributed by atoms with van der Waals surface area (Å²) in [5.74, 6) is 0.750. The minimum atomic E-state index is -0.365. The molecule has 0 radical (unpaired) electrons. The molecular formula is C28H29NP+. The molecule has 3 aromatic carbocycles. The van der Waals surface area contributed by atoms with Crippen LogP contribution >= 0.6 is 7.92 Å². The molecule has 1 aromatic heterocycles. The van der Waals surface area contributed by atoms with Crippen LogP contribution in [0.2, 0.25) is 0 Å². The third-order valence-electron chi connectivity index (χ3n) is 7.56. The van der Waals surface area contributed by atoms with Crippen molar-refractivity contribution in [2.75, 3.05) is 6.66 Å². The largest absolute Gasteiger partial charge is 0.221 e. The van der Waals surface area contributed by atoms with Gasteiger partial charge in [-0.2, -0.15) is 0 Å². The summed E-state index contributed by atoms with van der Waals surface area (Å²) < 4.78 is 2.36. The lowest BCUT2D eigenvalue weighted by molar-refractivity contribution is -0.659. The molecule has 1 aliphatic carbocycles. The average Bonchev–Trinajstić information content (AvgIpc) is 2.79. The highest BCUT2D eigenvalue weighted by Gasteiger charge is 2.33. The highest BCUT2D eigenvalue weighted by Crippen LogP contribution is 2.46.